The van der Waals surface area contributed by atoms with Gasteiger partial charge in [0.1, 0.15) is 11.4 Å². The first-order valence-corrected chi connectivity index (χ1v) is 10.3. The van der Waals surface area contributed by atoms with Crippen molar-refractivity contribution in [3.05, 3.63) is 62.8 Å². The minimum atomic E-state index is -0.563. The number of carbonyl (C=O) groups excluding carboxylic acids is 1. The van der Waals surface area contributed by atoms with E-state index in [4.69, 9.17) is 4.74 Å². The van der Waals surface area contributed by atoms with E-state index in [2.05, 4.69) is 10.1 Å². The van der Waals surface area contributed by atoms with Crippen molar-refractivity contribution >= 4 is 18.1 Å². The summed E-state index contributed by atoms with van der Waals surface area (Å²) in [5.41, 5.74) is -0.537. The molecule has 0 radical (unpaired) electrons. The molecule has 0 unspecified atom stereocenters. The van der Waals surface area contributed by atoms with E-state index in [1.165, 1.54) is 15.6 Å². The summed E-state index contributed by atoms with van der Waals surface area (Å²) < 4.78 is 6.62. The zero-order valence-electron chi connectivity index (χ0n) is 18.4. The van der Waals surface area contributed by atoms with E-state index in [9.17, 15) is 14.4 Å². The summed E-state index contributed by atoms with van der Waals surface area (Å²) in [6.07, 6.45) is 2.28. The van der Waals surface area contributed by atoms with Crippen molar-refractivity contribution in [2.75, 3.05) is 25.1 Å². The number of nitrogens with one attached hydrogen (secondary N) is 1. The maximum atomic E-state index is 12.7. The first-order valence-electron chi connectivity index (χ1n) is 10.3. The molecular weight excluding hydrogens is 398 g/mol. The summed E-state index contributed by atoms with van der Waals surface area (Å²) in [4.78, 5) is 41.9. The first-order chi connectivity index (χ1) is 14.6. The fraction of sp³-hybridized carbons (Fsp3) is 0.455. The van der Waals surface area contributed by atoms with Gasteiger partial charge >= 0.3 is 11.8 Å². The quantitative estimate of drug-likeness (QED) is 0.597. The number of hydrazone groups is 1. The Bertz CT molecular complexity index is 1010. The van der Waals surface area contributed by atoms with Crippen LogP contribution in [0.4, 0.5) is 10.6 Å². The lowest BCUT2D eigenvalue weighted by atomic mass is 10.1. The Morgan fingerprint density at radius 1 is 1.19 bits per heavy atom. The van der Waals surface area contributed by atoms with Crippen molar-refractivity contribution in [1.29, 1.82) is 0 Å². The van der Waals surface area contributed by atoms with E-state index in [1.54, 1.807) is 18.2 Å². The Morgan fingerprint density at radius 2 is 1.84 bits per heavy atom. The predicted octanol–water partition coefficient (Wildman–Crippen LogP) is 2.58. The van der Waals surface area contributed by atoms with Gasteiger partial charge in [-0.2, -0.15) is 5.10 Å². The molecule has 1 aromatic carbocycles. The topological polar surface area (TPSA) is 100 Å². The van der Waals surface area contributed by atoms with Crippen molar-refractivity contribution in [1.82, 2.24) is 14.5 Å². The molecule has 1 aromatic heterocycles. The van der Waals surface area contributed by atoms with Gasteiger partial charge in [-0.05, 0) is 39.2 Å². The van der Waals surface area contributed by atoms with Crippen molar-refractivity contribution in [3.63, 3.8) is 0 Å². The second-order valence-electron chi connectivity index (χ2n) is 8.55. The second kappa shape index (κ2) is 9.20. The zero-order chi connectivity index (χ0) is 22.6. The summed E-state index contributed by atoms with van der Waals surface area (Å²) in [5.74, 6) is 0.310. The number of aromatic amines is 1. The number of anilines is 1. The minimum Gasteiger partial charge on any atom is -0.444 e. The Hall–Kier alpha value is -3.36. The van der Waals surface area contributed by atoms with Crippen LogP contribution >= 0.6 is 0 Å². The highest BCUT2D eigenvalue weighted by molar-refractivity contribution is 5.80. The van der Waals surface area contributed by atoms with Crippen LogP contribution in [0.25, 0.3) is 0 Å². The number of likely N-dealkylation sites (tertiary alicyclic amines) is 1. The van der Waals surface area contributed by atoms with Gasteiger partial charge in [-0.15, -0.1) is 0 Å². The predicted molar refractivity (Wildman–Crippen MR) is 120 cm³/mol. The number of benzene rings is 1. The molecule has 0 atom stereocenters. The molecule has 1 aliphatic rings. The van der Waals surface area contributed by atoms with Crippen LogP contribution in [0.2, 0.25) is 0 Å². The lowest BCUT2D eigenvalue weighted by Crippen LogP contribution is -2.46. The molecule has 1 saturated heterocycles. The average molecular weight is 428 g/mol. The summed E-state index contributed by atoms with van der Waals surface area (Å²) in [5, 5.41) is 5.73. The summed E-state index contributed by atoms with van der Waals surface area (Å²) in [7, 11) is 1.66. The van der Waals surface area contributed by atoms with E-state index >= 15 is 0 Å². The number of nitrogens with zero attached hydrogens (tertiary/aromatic N) is 4. The SMILES string of the molecule is CN(/N=C/c1ccccc1)c1cc(=O)n(C2CCN(C(=O)OC(C)(C)C)CC2)c(=O)[nH]1. The summed E-state index contributed by atoms with van der Waals surface area (Å²) >= 11 is 0. The van der Waals surface area contributed by atoms with E-state index in [-0.39, 0.29) is 12.1 Å². The van der Waals surface area contributed by atoms with Crippen molar-refractivity contribution in [2.45, 2.75) is 45.3 Å². The highest BCUT2D eigenvalue weighted by Crippen LogP contribution is 2.22. The van der Waals surface area contributed by atoms with Crippen LogP contribution in [0, 0.1) is 0 Å². The van der Waals surface area contributed by atoms with Crippen LogP contribution in [0.5, 0.6) is 0 Å². The number of hydrogen-bond donors (Lipinski definition) is 1. The standard InChI is InChI=1S/C22H29N5O4/c1-22(2,3)31-21(30)26-12-10-17(11-13-26)27-19(28)14-18(24-20(27)29)25(4)23-15-16-8-6-5-7-9-16/h5-9,14-15,17H,10-13H2,1-4H3,(H,24,29)/b23-15+. The number of ether oxygens (including phenoxy) is 1. The van der Waals surface area contributed by atoms with Gasteiger partial charge in [0.15, 0.2) is 0 Å². The van der Waals surface area contributed by atoms with Crippen LogP contribution in [0.1, 0.15) is 45.2 Å². The molecular formula is C22H29N5O4. The number of piperidine rings is 1. The molecule has 0 saturated carbocycles. The van der Waals surface area contributed by atoms with Crippen molar-refractivity contribution in [2.24, 2.45) is 5.10 Å². The monoisotopic (exact) mass is 427 g/mol. The fourth-order valence-electron chi connectivity index (χ4n) is 3.40. The lowest BCUT2D eigenvalue weighted by molar-refractivity contribution is 0.0186. The van der Waals surface area contributed by atoms with Crippen molar-refractivity contribution < 1.29 is 9.53 Å². The molecule has 3 rings (SSSR count). The Kier molecular flexibility index (Phi) is 6.62. The maximum Gasteiger partial charge on any atom is 0.410 e. The molecule has 2 aromatic rings. The molecule has 166 valence electrons. The van der Waals surface area contributed by atoms with Gasteiger partial charge in [-0.1, -0.05) is 30.3 Å². The van der Waals surface area contributed by atoms with Crippen molar-refractivity contribution in [3.8, 4) is 0 Å². The van der Waals surface area contributed by atoms with Crippen LogP contribution < -0.4 is 16.3 Å². The molecule has 9 nitrogen and oxygen atoms in total. The largest absolute Gasteiger partial charge is 0.444 e. The van der Waals surface area contributed by atoms with Gasteiger partial charge in [-0.25, -0.2) is 9.59 Å². The molecule has 1 N–H and O–H groups in total. The maximum absolute atomic E-state index is 12.7. The number of H-pyrrole nitrogens is 1. The summed E-state index contributed by atoms with van der Waals surface area (Å²) in [6, 6.07) is 10.6. The molecule has 1 amide bonds. The molecule has 9 heteroatoms. The third-order valence-corrected chi connectivity index (χ3v) is 4.96. The third kappa shape index (κ3) is 5.84. The molecule has 2 heterocycles. The number of amides is 1. The van der Waals surface area contributed by atoms with Gasteiger partial charge in [0.2, 0.25) is 0 Å². The van der Waals surface area contributed by atoms with Gasteiger partial charge < -0.3 is 9.64 Å². The van der Waals surface area contributed by atoms with Crippen LogP contribution in [-0.2, 0) is 4.74 Å². The highest BCUT2D eigenvalue weighted by Gasteiger charge is 2.28. The highest BCUT2D eigenvalue weighted by atomic mass is 16.6. The minimum absolute atomic E-state index is 0.276. The zero-order valence-corrected chi connectivity index (χ0v) is 18.4. The number of aromatic nitrogens is 2. The normalized spacial score (nSPS) is 15.3. The molecule has 1 fully saturated rings. The number of carbonyl (C=O) groups is 1. The van der Waals surface area contributed by atoms with Gasteiger partial charge in [0.05, 0.1) is 6.21 Å². The van der Waals surface area contributed by atoms with Gasteiger partial charge in [0.25, 0.3) is 5.56 Å². The second-order valence-corrected chi connectivity index (χ2v) is 8.55. The average Bonchev–Trinajstić information content (AvgIpc) is 2.71. The third-order valence-electron chi connectivity index (χ3n) is 4.96. The van der Waals surface area contributed by atoms with Gasteiger partial charge in [0, 0.05) is 32.2 Å². The fourth-order valence-corrected chi connectivity index (χ4v) is 3.40. The molecule has 0 aliphatic carbocycles. The first kappa shape index (κ1) is 22.3. The Labute approximate surface area is 180 Å². The van der Waals surface area contributed by atoms with E-state index in [1.807, 2.05) is 51.1 Å². The summed E-state index contributed by atoms with van der Waals surface area (Å²) in [6.45, 7) is 6.31. The van der Waals surface area contributed by atoms with E-state index < -0.39 is 16.9 Å². The van der Waals surface area contributed by atoms with Gasteiger partial charge in [-0.3, -0.25) is 19.4 Å². The smallest absolute Gasteiger partial charge is 0.410 e. The molecule has 0 spiro atoms. The van der Waals surface area contributed by atoms with Crippen LogP contribution in [0.3, 0.4) is 0 Å². The van der Waals surface area contributed by atoms with E-state index in [0.29, 0.717) is 31.7 Å². The molecule has 0 bridgehead atoms. The Morgan fingerprint density at radius 3 is 2.42 bits per heavy atom. The lowest BCUT2D eigenvalue weighted by Gasteiger charge is -2.33. The number of rotatable bonds is 4. The van der Waals surface area contributed by atoms with Crippen LogP contribution in [0.15, 0.2) is 51.1 Å². The Balaban J connectivity index is 1.69. The van der Waals surface area contributed by atoms with E-state index in [0.717, 1.165) is 5.56 Å². The van der Waals surface area contributed by atoms with Crippen LogP contribution in [-0.4, -0.2) is 52.5 Å². The number of hydrogen-bond acceptors (Lipinski definition) is 6. The molecule has 1 aliphatic heterocycles. The molecule has 31 heavy (non-hydrogen) atoms.